The van der Waals surface area contributed by atoms with Crippen molar-refractivity contribution in [2.75, 3.05) is 7.11 Å². The summed E-state index contributed by atoms with van der Waals surface area (Å²) in [5.74, 6) is -0.190. The van der Waals surface area contributed by atoms with Gasteiger partial charge in [0.2, 0.25) is 0 Å². The standard InChI is InChI=1S/C9H8FN3O/c1-14-9-3-2-6(4-7(9)10)8-5-11-13-12-8/h2-5H,1H3,(H,11,12,13). The number of hydrogen-bond acceptors (Lipinski definition) is 3. The summed E-state index contributed by atoms with van der Waals surface area (Å²) < 4.78 is 18.1. The van der Waals surface area contributed by atoms with E-state index in [1.54, 1.807) is 12.1 Å². The van der Waals surface area contributed by atoms with Gasteiger partial charge < -0.3 is 4.74 Å². The zero-order valence-corrected chi connectivity index (χ0v) is 7.49. The third-order valence-corrected chi connectivity index (χ3v) is 1.86. The third kappa shape index (κ3) is 1.44. The van der Waals surface area contributed by atoms with Crippen LogP contribution in [0.3, 0.4) is 0 Å². The van der Waals surface area contributed by atoms with Crippen LogP contribution in [-0.4, -0.2) is 22.5 Å². The molecule has 0 amide bonds. The van der Waals surface area contributed by atoms with Crippen LogP contribution in [0.5, 0.6) is 5.75 Å². The van der Waals surface area contributed by atoms with Crippen molar-refractivity contribution < 1.29 is 9.13 Å². The first-order valence-electron chi connectivity index (χ1n) is 4.01. The number of H-pyrrole nitrogens is 1. The fraction of sp³-hybridized carbons (Fsp3) is 0.111. The van der Waals surface area contributed by atoms with Crippen LogP contribution in [0.15, 0.2) is 24.4 Å². The van der Waals surface area contributed by atoms with Gasteiger partial charge in [-0.05, 0) is 18.2 Å². The van der Waals surface area contributed by atoms with Gasteiger partial charge in [-0.15, -0.1) is 0 Å². The second-order valence-corrected chi connectivity index (χ2v) is 2.70. The summed E-state index contributed by atoms with van der Waals surface area (Å²) in [4.78, 5) is 0. The average Bonchev–Trinajstić information content (AvgIpc) is 2.70. The van der Waals surface area contributed by atoms with E-state index in [9.17, 15) is 4.39 Å². The Hall–Kier alpha value is -1.91. The zero-order chi connectivity index (χ0) is 9.97. The van der Waals surface area contributed by atoms with E-state index in [-0.39, 0.29) is 5.75 Å². The van der Waals surface area contributed by atoms with Crippen LogP contribution in [0.2, 0.25) is 0 Å². The predicted molar refractivity (Wildman–Crippen MR) is 48.3 cm³/mol. The maximum Gasteiger partial charge on any atom is 0.165 e. The van der Waals surface area contributed by atoms with Crippen LogP contribution in [-0.2, 0) is 0 Å². The molecule has 0 spiro atoms. The second-order valence-electron chi connectivity index (χ2n) is 2.70. The molecule has 72 valence electrons. The normalized spacial score (nSPS) is 10.1. The van der Waals surface area contributed by atoms with Crippen molar-refractivity contribution in [2.45, 2.75) is 0 Å². The number of ether oxygens (including phenoxy) is 1. The number of benzene rings is 1. The molecule has 1 heterocycles. The van der Waals surface area contributed by atoms with Crippen LogP contribution in [0.4, 0.5) is 4.39 Å². The lowest BCUT2D eigenvalue weighted by atomic mass is 10.1. The minimum atomic E-state index is -0.409. The fourth-order valence-electron chi connectivity index (χ4n) is 1.17. The maximum atomic E-state index is 13.3. The summed E-state index contributed by atoms with van der Waals surface area (Å²) in [6.07, 6.45) is 1.53. The minimum absolute atomic E-state index is 0.220. The Morgan fingerprint density at radius 1 is 1.43 bits per heavy atom. The topological polar surface area (TPSA) is 50.8 Å². The van der Waals surface area contributed by atoms with Crippen molar-refractivity contribution >= 4 is 0 Å². The first-order chi connectivity index (χ1) is 6.81. The highest BCUT2D eigenvalue weighted by molar-refractivity contribution is 5.58. The molecule has 0 saturated carbocycles. The summed E-state index contributed by atoms with van der Waals surface area (Å²) in [5, 5.41) is 9.94. The van der Waals surface area contributed by atoms with Crippen LogP contribution in [0, 0.1) is 5.82 Å². The third-order valence-electron chi connectivity index (χ3n) is 1.86. The smallest absolute Gasteiger partial charge is 0.165 e. The Morgan fingerprint density at radius 3 is 2.86 bits per heavy atom. The summed E-state index contributed by atoms with van der Waals surface area (Å²) in [6.45, 7) is 0. The molecule has 0 unspecified atom stereocenters. The molecule has 0 aliphatic carbocycles. The van der Waals surface area contributed by atoms with E-state index in [0.717, 1.165) is 0 Å². The van der Waals surface area contributed by atoms with Crippen molar-refractivity contribution in [1.29, 1.82) is 0 Å². The molecule has 0 aliphatic heterocycles. The first-order valence-corrected chi connectivity index (χ1v) is 4.01. The molecule has 1 aromatic carbocycles. The SMILES string of the molecule is COc1ccc(-c2cn[nH]n2)cc1F. The van der Waals surface area contributed by atoms with E-state index in [0.29, 0.717) is 11.3 Å². The summed E-state index contributed by atoms with van der Waals surface area (Å²) >= 11 is 0. The largest absolute Gasteiger partial charge is 0.494 e. The van der Waals surface area contributed by atoms with Gasteiger partial charge in [0.15, 0.2) is 11.6 Å². The molecule has 1 N–H and O–H groups in total. The van der Waals surface area contributed by atoms with Crippen molar-refractivity contribution in [3.63, 3.8) is 0 Å². The predicted octanol–water partition coefficient (Wildman–Crippen LogP) is 1.62. The van der Waals surface area contributed by atoms with Gasteiger partial charge in [-0.3, -0.25) is 0 Å². The van der Waals surface area contributed by atoms with Gasteiger partial charge in [-0.1, -0.05) is 0 Å². The molecule has 4 nitrogen and oxygen atoms in total. The van der Waals surface area contributed by atoms with Crippen molar-refractivity contribution in [1.82, 2.24) is 15.4 Å². The Bertz CT molecular complexity index is 428. The fourth-order valence-corrected chi connectivity index (χ4v) is 1.17. The van der Waals surface area contributed by atoms with Crippen molar-refractivity contribution in [2.24, 2.45) is 0 Å². The lowest BCUT2D eigenvalue weighted by molar-refractivity contribution is 0.386. The van der Waals surface area contributed by atoms with Gasteiger partial charge in [0.25, 0.3) is 0 Å². The van der Waals surface area contributed by atoms with Gasteiger partial charge in [-0.25, -0.2) is 4.39 Å². The monoisotopic (exact) mass is 193 g/mol. The highest BCUT2D eigenvalue weighted by atomic mass is 19.1. The van der Waals surface area contributed by atoms with Gasteiger partial charge >= 0.3 is 0 Å². The molecule has 0 atom stereocenters. The van der Waals surface area contributed by atoms with Gasteiger partial charge in [0.05, 0.1) is 13.3 Å². The van der Waals surface area contributed by atoms with Crippen LogP contribution >= 0.6 is 0 Å². The van der Waals surface area contributed by atoms with E-state index in [2.05, 4.69) is 15.4 Å². The van der Waals surface area contributed by atoms with E-state index in [1.165, 1.54) is 19.4 Å². The van der Waals surface area contributed by atoms with Crippen LogP contribution in [0.25, 0.3) is 11.3 Å². The molecule has 0 radical (unpaired) electrons. The number of methoxy groups -OCH3 is 1. The summed E-state index contributed by atoms with van der Waals surface area (Å²) in [7, 11) is 1.42. The highest BCUT2D eigenvalue weighted by Gasteiger charge is 2.06. The Balaban J connectivity index is 2.43. The average molecular weight is 193 g/mol. The maximum absolute atomic E-state index is 13.3. The minimum Gasteiger partial charge on any atom is -0.494 e. The molecule has 5 heteroatoms. The van der Waals surface area contributed by atoms with Crippen molar-refractivity contribution in [3.05, 3.63) is 30.2 Å². The van der Waals surface area contributed by atoms with Gasteiger partial charge in [-0.2, -0.15) is 15.4 Å². The quantitative estimate of drug-likeness (QED) is 0.788. The molecule has 0 aliphatic rings. The number of hydrogen-bond donors (Lipinski definition) is 1. The summed E-state index contributed by atoms with van der Waals surface area (Å²) in [5.41, 5.74) is 1.27. The van der Waals surface area contributed by atoms with Crippen LogP contribution < -0.4 is 4.74 Å². The number of aromatic nitrogens is 3. The molecule has 0 bridgehead atoms. The van der Waals surface area contributed by atoms with Crippen LogP contribution in [0.1, 0.15) is 0 Å². The second kappa shape index (κ2) is 3.45. The molecule has 1 aromatic heterocycles. The number of nitrogens with one attached hydrogen (secondary N) is 1. The lowest BCUT2D eigenvalue weighted by Gasteiger charge is -2.02. The van der Waals surface area contributed by atoms with E-state index in [1.807, 2.05) is 0 Å². The number of halogens is 1. The van der Waals surface area contributed by atoms with Gasteiger partial charge in [0.1, 0.15) is 5.69 Å². The number of rotatable bonds is 2. The van der Waals surface area contributed by atoms with E-state index >= 15 is 0 Å². The zero-order valence-electron chi connectivity index (χ0n) is 7.49. The molecule has 2 aromatic rings. The molecular formula is C9H8FN3O. The Morgan fingerprint density at radius 2 is 2.29 bits per heavy atom. The Labute approximate surface area is 79.7 Å². The Kier molecular flexibility index (Phi) is 2.14. The number of aromatic amines is 1. The molecular weight excluding hydrogens is 185 g/mol. The van der Waals surface area contributed by atoms with E-state index in [4.69, 9.17) is 4.74 Å². The molecule has 0 saturated heterocycles. The first kappa shape index (κ1) is 8.68. The molecule has 2 rings (SSSR count). The number of nitrogens with zero attached hydrogens (tertiary/aromatic N) is 2. The molecule has 0 fully saturated rings. The van der Waals surface area contributed by atoms with E-state index < -0.39 is 5.82 Å². The highest BCUT2D eigenvalue weighted by Crippen LogP contribution is 2.23. The lowest BCUT2D eigenvalue weighted by Crippen LogP contribution is -1.88. The van der Waals surface area contributed by atoms with Crippen molar-refractivity contribution in [3.8, 4) is 17.0 Å². The molecule has 14 heavy (non-hydrogen) atoms. The van der Waals surface area contributed by atoms with Gasteiger partial charge in [0, 0.05) is 5.56 Å². The summed E-state index contributed by atoms with van der Waals surface area (Å²) in [6, 6.07) is 4.63.